The fourth-order valence-electron chi connectivity index (χ4n) is 2.31. The summed E-state index contributed by atoms with van der Waals surface area (Å²) in [6, 6.07) is 10.8. The Labute approximate surface area is 119 Å². The van der Waals surface area contributed by atoms with Gasteiger partial charge in [-0.05, 0) is 44.6 Å². The van der Waals surface area contributed by atoms with Gasteiger partial charge < -0.3 is 5.32 Å². The van der Waals surface area contributed by atoms with Gasteiger partial charge in [-0.25, -0.2) is 0 Å². The van der Waals surface area contributed by atoms with Crippen molar-refractivity contribution >= 4 is 0 Å². The first-order valence-corrected chi connectivity index (χ1v) is 7.83. The topological polar surface area (TPSA) is 15.3 Å². The lowest BCUT2D eigenvalue weighted by atomic mass is 10.1. The first kappa shape index (κ1) is 16.2. The molecule has 0 heterocycles. The van der Waals surface area contributed by atoms with Gasteiger partial charge in [-0.1, -0.05) is 57.0 Å². The summed E-state index contributed by atoms with van der Waals surface area (Å²) in [7, 11) is 0. The van der Waals surface area contributed by atoms with Crippen LogP contribution in [-0.2, 0) is 6.54 Å². The van der Waals surface area contributed by atoms with Gasteiger partial charge in [0.15, 0.2) is 0 Å². The molecule has 0 aliphatic heterocycles. The van der Waals surface area contributed by atoms with Crippen molar-refractivity contribution in [2.75, 3.05) is 26.2 Å². The van der Waals surface area contributed by atoms with E-state index in [2.05, 4.69) is 54.4 Å². The number of nitrogens with zero attached hydrogens (tertiary/aromatic N) is 1. The predicted molar refractivity (Wildman–Crippen MR) is 84.4 cm³/mol. The Morgan fingerprint density at radius 1 is 0.947 bits per heavy atom. The highest BCUT2D eigenvalue weighted by Gasteiger charge is 2.02. The summed E-state index contributed by atoms with van der Waals surface area (Å²) in [5.74, 6) is 0. The van der Waals surface area contributed by atoms with E-state index in [0.29, 0.717) is 0 Å². The van der Waals surface area contributed by atoms with Crippen LogP contribution < -0.4 is 5.32 Å². The first-order chi connectivity index (χ1) is 9.36. The van der Waals surface area contributed by atoms with Crippen LogP contribution in [0.25, 0.3) is 0 Å². The lowest BCUT2D eigenvalue weighted by Crippen LogP contribution is -2.24. The van der Waals surface area contributed by atoms with Crippen LogP contribution in [0.5, 0.6) is 0 Å². The largest absolute Gasteiger partial charge is 0.317 e. The normalized spacial score (nSPS) is 11.1. The molecule has 0 amide bonds. The standard InChI is InChI=1S/C17H30N2/c1-3-18-14-10-5-6-11-15-19(4-2)16-17-12-8-7-9-13-17/h7-9,12-13,18H,3-6,10-11,14-16H2,1-2H3. The smallest absolute Gasteiger partial charge is 0.0233 e. The molecule has 0 radical (unpaired) electrons. The van der Waals surface area contributed by atoms with Gasteiger partial charge in [-0.3, -0.25) is 4.90 Å². The molecule has 0 unspecified atom stereocenters. The third kappa shape index (κ3) is 8.02. The van der Waals surface area contributed by atoms with Crippen LogP contribution in [0.15, 0.2) is 30.3 Å². The molecule has 0 atom stereocenters. The average Bonchev–Trinajstić information content (AvgIpc) is 2.46. The van der Waals surface area contributed by atoms with E-state index in [1.165, 1.54) is 44.3 Å². The molecule has 0 bridgehead atoms. The maximum Gasteiger partial charge on any atom is 0.0233 e. The monoisotopic (exact) mass is 262 g/mol. The maximum atomic E-state index is 3.38. The summed E-state index contributed by atoms with van der Waals surface area (Å²) >= 11 is 0. The molecule has 0 saturated carbocycles. The van der Waals surface area contributed by atoms with Crippen LogP contribution in [0, 0.1) is 0 Å². The van der Waals surface area contributed by atoms with Crippen LogP contribution in [-0.4, -0.2) is 31.1 Å². The van der Waals surface area contributed by atoms with Crippen LogP contribution in [0.3, 0.4) is 0 Å². The van der Waals surface area contributed by atoms with Gasteiger partial charge in [-0.2, -0.15) is 0 Å². The summed E-state index contributed by atoms with van der Waals surface area (Å²) in [4.78, 5) is 2.54. The molecular weight excluding hydrogens is 232 g/mol. The highest BCUT2D eigenvalue weighted by molar-refractivity contribution is 5.14. The molecule has 19 heavy (non-hydrogen) atoms. The van der Waals surface area contributed by atoms with Gasteiger partial charge in [-0.15, -0.1) is 0 Å². The van der Waals surface area contributed by atoms with E-state index in [0.717, 1.165) is 19.6 Å². The summed E-state index contributed by atoms with van der Waals surface area (Å²) in [6.45, 7) is 10.2. The van der Waals surface area contributed by atoms with Crippen molar-refractivity contribution in [3.05, 3.63) is 35.9 Å². The molecule has 1 N–H and O–H groups in total. The molecule has 1 aromatic rings. The zero-order valence-electron chi connectivity index (χ0n) is 12.7. The van der Waals surface area contributed by atoms with Crippen molar-refractivity contribution in [1.29, 1.82) is 0 Å². The van der Waals surface area contributed by atoms with Gasteiger partial charge in [0, 0.05) is 6.54 Å². The number of hydrogen-bond acceptors (Lipinski definition) is 2. The molecule has 0 aromatic heterocycles. The lowest BCUT2D eigenvalue weighted by molar-refractivity contribution is 0.272. The summed E-state index contributed by atoms with van der Waals surface area (Å²) in [5.41, 5.74) is 1.43. The molecule has 2 nitrogen and oxygen atoms in total. The second-order valence-electron chi connectivity index (χ2n) is 5.12. The summed E-state index contributed by atoms with van der Waals surface area (Å²) < 4.78 is 0. The third-order valence-electron chi connectivity index (χ3n) is 3.52. The van der Waals surface area contributed by atoms with Gasteiger partial charge in [0.05, 0.1) is 0 Å². The Balaban J connectivity index is 2.09. The Kier molecular flexibility index (Phi) is 9.38. The first-order valence-electron chi connectivity index (χ1n) is 7.83. The van der Waals surface area contributed by atoms with E-state index >= 15 is 0 Å². The third-order valence-corrected chi connectivity index (χ3v) is 3.52. The molecule has 1 aromatic carbocycles. The van der Waals surface area contributed by atoms with Gasteiger partial charge >= 0.3 is 0 Å². The highest BCUT2D eigenvalue weighted by Crippen LogP contribution is 2.07. The Morgan fingerprint density at radius 2 is 1.68 bits per heavy atom. The SMILES string of the molecule is CCNCCCCCCN(CC)Cc1ccccc1. The number of benzene rings is 1. The van der Waals surface area contributed by atoms with E-state index in [4.69, 9.17) is 0 Å². The molecule has 0 aliphatic rings. The molecule has 0 spiro atoms. The van der Waals surface area contributed by atoms with Crippen molar-refractivity contribution in [3.63, 3.8) is 0 Å². The van der Waals surface area contributed by atoms with E-state index in [9.17, 15) is 0 Å². The minimum atomic E-state index is 1.09. The van der Waals surface area contributed by atoms with Crippen molar-refractivity contribution in [2.24, 2.45) is 0 Å². The molecule has 2 heteroatoms. The van der Waals surface area contributed by atoms with Crippen LogP contribution in [0.2, 0.25) is 0 Å². The van der Waals surface area contributed by atoms with Gasteiger partial charge in [0.1, 0.15) is 0 Å². The second-order valence-corrected chi connectivity index (χ2v) is 5.12. The van der Waals surface area contributed by atoms with Crippen molar-refractivity contribution < 1.29 is 0 Å². The predicted octanol–water partition coefficient (Wildman–Crippen LogP) is 3.68. The quantitative estimate of drug-likeness (QED) is 0.612. The second kappa shape index (κ2) is 11.0. The molecule has 1 rings (SSSR count). The van der Waals surface area contributed by atoms with Gasteiger partial charge in [0.25, 0.3) is 0 Å². The maximum absolute atomic E-state index is 3.38. The highest BCUT2D eigenvalue weighted by atomic mass is 15.1. The van der Waals surface area contributed by atoms with E-state index < -0.39 is 0 Å². The lowest BCUT2D eigenvalue weighted by Gasteiger charge is -2.20. The van der Waals surface area contributed by atoms with E-state index in [1.54, 1.807) is 0 Å². The number of rotatable bonds is 11. The fourth-order valence-corrected chi connectivity index (χ4v) is 2.31. The Bertz CT molecular complexity index is 297. The van der Waals surface area contributed by atoms with Crippen molar-refractivity contribution in [3.8, 4) is 0 Å². The summed E-state index contributed by atoms with van der Waals surface area (Å²) in [5, 5.41) is 3.38. The van der Waals surface area contributed by atoms with Crippen molar-refractivity contribution in [2.45, 2.75) is 46.1 Å². The Hall–Kier alpha value is -0.860. The van der Waals surface area contributed by atoms with Crippen molar-refractivity contribution in [1.82, 2.24) is 10.2 Å². The Morgan fingerprint density at radius 3 is 2.37 bits per heavy atom. The fraction of sp³-hybridized carbons (Fsp3) is 0.647. The number of nitrogens with one attached hydrogen (secondary N) is 1. The molecular formula is C17H30N2. The van der Waals surface area contributed by atoms with E-state index in [-0.39, 0.29) is 0 Å². The molecule has 108 valence electrons. The van der Waals surface area contributed by atoms with Gasteiger partial charge in [0.2, 0.25) is 0 Å². The number of hydrogen-bond donors (Lipinski definition) is 1. The molecule has 0 fully saturated rings. The number of unbranched alkanes of at least 4 members (excludes halogenated alkanes) is 3. The molecule has 0 aliphatic carbocycles. The van der Waals surface area contributed by atoms with Crippen LogP contribution >= 0.6 is 0 Å². The van der Waals surface area contributed by atoms with E-state index in [1.807, 2.05) is 0 Å². The minimum Gasteiger partial charge on any atom is -0.317 e. The minimum absolute atomic E-state index is 1.09. The van der Waals surface area contributed by atoms with Crippen LogP contribution in [0.4, 0.5) is 0 Å². The summed E-state index contributed by atoms with van der Waals surface area (Å²) in [6.07, 6.45) is 5.36. The molecule has 0 saturated heterocycles. The zero-order valence-corrected chi connectivity index (χ0v) is 12.7. The van der Waals surface area contributed by atoms with Crippen LogP contribution in [0.1, 0.15) is 45.1 Å². The average molecular weight is 262 g/mol. The zero-order chi connectivity index (χ0) is 13.8.